The molecule has 16 N–H and O–H groups in total. The van der Waals surface area contributed by atoms with Gasteiger partial charge in [-0.05, 0) is 221 Å². The first-order valence-electron chi connectivity index (χ1n) is 42.4. The zero-order chi connectivity index (χ0) is 91.5. The fourth-order valence-corrected chi connectivity index (χ4v) is 13.9. The number of carbonyl (C=O) groups excluding carboxylic acids is 3. The summed E-state index contributed by atoms with van der Waals surface area (Å²) in [6.45, 7) is 20.4. The third kappa shape index (κ3) is 33.5. The zero-order valence-corrected chi connectivity index (χ0v) is 78.3. The number of aromatic nitrogens is 12. The second kappa shape index (κ2) is 56.3. The summed E-state index contributed by atoms with van der Waals surface area (Å²) in [4.78, 5) is 55.5. The molecule has 15 rings (SSSR count). The van der Waals surface area contributed by atoms with Gasteiger partial charge >= 0.3 is 29.6 Å². The third-order valence-electron chi connectivity index (χ3n) is 20.1. The Labute approximate surface area is 802 Å². The molecule has 0 saturated heterocycles. The maximum atomic E-state index is 13.4. The topological polar surface area (TPSA) is 390 Å². The summed E-state index contributed by atoms with van der Waals surface area (Å²) in [5.74, 6) is -0.786. The number of nitrogens with zero attached hydrogens (tertiary/aromatic N) is 13. The minimum absolute atomic E-state index is 0. The van der Waals surface area contributed by atoms with Crippen molar-refractivity contribution in [2.45, 2.75) is 110 Å². The van der Waals surface area contributed by atoms with Crippen LogP contribution in [0.5, 0.6) is 0 Å². The van der Waals surface area contributed by atoms with E-state index in [0.717, 1.165) is 158 Å². The number of carbonyl (C=O) groups is 3. The monoisotopic (exact) mass is 1830 g/mol. The molecule has 6 aromatic heterocycles. The number of nitrogens with two attached hydrogens (primary N) is 5. The number of nitrogens with one attached hydrogen (secondary N) is 5. The number of unbranched alkanes of at least 4 members (excludes halogenated alkanes) is 2. The SMILES string of the molecule is Cc1cc(C(=O)Nc2cccc(C(NCCCn3ccnc3)c3ccccc3)c2)n(-c2cccc(CN)c2)n1.Cc1cc(C(=O)Nc2cccc(C(NCCCn3ccnc3)c3ccccc3)c2)n(-c2cccc(CN)c2)n1.NCCCCCN.NCCCn1ccnc1.O=S(Cl)Cl.[B].[C-]#[N+]c1cccc(-n2nc(C)cc2C(=O)Nc2cccc(C(O)c3ccccc3)c2)c1.[H-].[Na+]. The molecule has 673 valence electrons. The second-order valence-electron chi connectivity index (χ2n) is 29.8. The van der Waals surface area contributed by atoms with Gasteiger partial charge in [-0.2, -0.15) is 15.3 Å². The molecule has 0 bridgehead atoms. The Bertz CT molecular complexity index is 5740. The average Bonchev–Trinajstić information content (AvgIpc) is 1.64. The number of rotatable bonds is 34. The predicted octanol–water partition coefficient (Wildman–Crippen LogP) is 12.9. The zero-order valence-electron chi connectivity index (χ0n) is 75.0. The van der Waals surface area contributed by atoms with E-state index in [0.29, 0.717) is 58.5 Å². The molecule has 0 saturated carbocycles. The van der Waals surface area contributed by atoms with E-state index in [-0.39, 0.29) is 69.2 Å². The summed E-state index contributed by atoms with van der Waals surface area (Å²) in [5, 5.41) is 40.7. The minimum Gasteiger partial charge on any atom is -1.00 e. The number of aryl methyl sites for hydroxylation is 6. The van der Waals surface area contributed by atoms with Crippen molar-refractivity contribution in [2.24, 2.45) is 28.7 Å². The van der Waals surface area contributed by atoms with E-state index in [2.05, 4.69) is 129 Å². The van der Waals surface area contributed by atoms with Crippen LogP contribution in [0.1, 0.15) is 151 Å². The van der Waals surface area contributed by atoms with Crippen LogP contribution in [0.15, 0.2) is 311 Å². The molecular weight excluding hydrogens is 1720 g/mol. The number of aliphatic hydroxyl groups excluding tert-OH is 1. The van der Waals surface area contributed by atoms with E-state index in [1.54, 1.807) is 94.9 Å². The average molecular weight is 1830 g/mol. The van der Waals surface area contributed by atoms with Gasteiger partial charge in [0.05, 0.1) is 71.8 Å². The number of amides is 3. The molecule has 0 aliphatic heterocycles. The molecule has 0 fully saturated rings. The van der Waals surface area contributed by atoms with E-state index < -0.39 is 15.3 Å². The normalized spacial score (nSPS) is 11.2. The van der Waals surface area contributed by atoms with Gasteiger partial charge in [0.15, 0.2) is 5.69 Å². The molecule has 3 amide bonds. The van der Waals surface area contributed by atoms with Crippen LogP contribution in [-0.2, 0) is 42.0 Å². The Morgan fingerprint density at radius 1 is 0.420 bits per heavy atom. The van der Waals surface area contributed by atoms with Crippen LogP contribution < -0.4 is 84.8 Å². The molecule has 6 heterocycles. The summed E-state index contributed by atoms with van der Waals surface area (Å²) in [6.07, 6.45) is 22.3. The Kier molecular flexibility index (Phi) is 44.7. The largest absolute Gasteiger partial charge is 1.00 e. The minimum atomic E-state index is -1.67. The number of benzene rings is 9. The van der Waals surface area contributed by atoms with Crippen molar-refractivity contribution >= 4 is 79.5 Å². The number of anilines is 3. The summed E-state index contributed by atoms with van der Waals surface area (Å²) < 4.78 is 20.1. The molecule has 28 nitrogen and oxygen atoms in total. The summed E-state index contributed by atoms with van der Waals surface area (Å²) in [7, 11) is 7.36. The van der Waals surface area contributed by atoms with Crippen LogP contribution in [0, 0.1) is 27.3 Å². The van der Waals surface area contributed by atoms with Crippen molar-refractivity contribution < 1.29 is 54.7 Å². The van der Waals surface area contributed by atoms with Crippen LogP contribution in [0.3, 0.4) is 0 Å². The molecule has 131 heavy (non-hydrogen) atoms. The van der Waals surface area contributed by atoms with Gasteiger partial charge in [0.1, 0.15) is 23.2 Å². The van der Waals surface area contributed by atoms with Crippen LogP contribution in [0.2, 0.25) is 0 Å². The van der Waals surface area contributed by atoms with Gasteiger partial charge in [0.25, 0.3) is 17.7 Å². The van der Waals surface area contributed by atoms with Gasteiger partial charge in [-0.3, -0.25) is 14.4 Å². The number of halogens is 2. The van der Waals surface area contributed by atoms with E-state index in [4.69, 9.17) is 39.4 Å². The smallest absolute Gasteiger partial charge is 1.00 e. The van der Waals surface area contributed by atoms with Crippen molar-refractivity contribution in [1.29, 1.82) is 0 Å². The molecule has 0 aliphatic carbocycles. The van der Waals surface area contributed by atoms with Crippen LogP contribution in [-0.4, -0.2) is 126 Å². The first kappa shape index (κ1) is 104. The molecular formula is C98H112BCl2N23NaO5S. The maximum Gasteiger partial charge on any atom is 1.00 e. The molecule has 15 aromatic rings. The Hall–Kier alpha value is -12.4. The van der Waals surface area contributed by atoms with Gasteiger partial charge in [-0.1, -0.05) is 170 Å². The first-order valence-corrected chi connectivity index (χ1v) is 45.2. The van der Waals surface area contributed by atoms with Crippen molar-refractivity contribution in [1.82, 2.24) is 68.6 Å². The van der Waals surface area contributed by atoms with Crippen molar-refractivity contribution in [3.05, 3.63) is 401 Å². The Balaban J connectivity index is 0.000000243. The van der Waals surface area contributed by atoms with Crippen LogP contribution in [0.4, 0.5) is 22.7 Å². The molecule has 33 heteroatoms. The fraction of sp³-hybridized carbons (Fsp3) is 0.224. The van der Waals surface area contributed by atoms with Gasteiger partial charge < -0.3 is 75.5 Å². The first-order chi connectivity index (χ1) is 62.8. The van der Waals surface area contributed by atoms with E-state index in [1.807, 2.05) is 214 Å². The van der Waals surface area contributed by atoms with Crippen molar-refractivity contribution in [3.63, 3.8) is 0 Å². The number of imidazole rings is 3. The summed E-state index contributed by atoms with van der Waals surface area (Å²) in [6, 6.07) is 80.9. The van der Waals surface area contributed by atoms with E-state index >= 15 is 0 Å². The second-order valence-corrected chi connectivity index (χ2v) is 32.4. The van der Waals surface area contributed by atoms with Gasteiger partial charge in [-0.25, -0.2) is 38.1 Å². The standard InChI is InChI=1S/2C31H33N7O.C25H20N4O2.C6H11N3.C5H14N2.B.Cl2OS.Na.H/c2*1-23-18-29(38(36-23)28-13-5-8-24(19-28)21-32)31(39)35-27-12-6-11-26(20-27)30(25-9-3-2-4-10-25)34-14-7-16-37-17-15-33-22-37;1-17-14-23(29(28-17)22-13-7-11-20(16-22)26-2)25(31)27-21-12-6-10-19(15-21)24(30)18-8-4-3-5-9-18;7-2-1-4-9-5-3-8-6-9;6-4-2-1-3-5-7;;1-4(2)3;;/h2*2-6,8-13,15,17-20,22,30,34H,7,14,16,21,32H2,1H3,(H,35,39);3-16,24,30H,1H3,(H,27,31);3,5-6H,1-2,4,7H2;1-7H2;;;;/q;;;;;;;+1;-1. The summed E-state index contributed by atoms with van der Waals surface area (Å²) in [5.41, 5.74) is 43.5. The van der Waals surface area contributed by atoms with Gasteiger partial charge in [-0.15, -0.1) is 0 Å². The van der Waals surface area contributed by atoms with Gasteiger partial charge in [0.2, 0.25) is 9.23 Å². The maximum absolute atomic E-state index is 13.4. The predicted molar refractivity (Wildman–Crippen MR) is 521 cm³/mol. The van der Waals surface area contributed by atoms with Crippen LogP contribution in [0.25, 0.3) is 21.9 Å². The van der Waals surface area contributed by atoms with Gasteiger partial charge in [0, 0.05) is 117 Å². The molecule has 3 radical (unpaired) electrons. The van der Waals surface area contributed by atoms with Crippen LogP contribution >= 0.6 is 21.4 Å². The molecule has 0 spiro atoms. The van der Waals surface area contributed by atoms with Crippen molar-refractivity contribution in [3.8, 4) is 17.1 Å². The number of hydrogen-bond donors (Lipinski definition) is 11. The van der Waals surface area contributed by atoms with Crippen molar-refractivity contribution in [2.75, 3.05) is 48.7 Å². The molecule has 3 atom stereocenters. The Morgan fingerprint density at radius 2 is 0.748 bits per heavy atom. The molecule has 9 aromatic carbocycles. The van der Waals surface area contributed by atoms with E-state index in [9.17, 15) is 19.5 Å². The number of aliphatic hydroxyl groups is 1. The Morgan fingerprint density at radius 3 is 1.10 bits per heavy atom. The fourth-order valence-electron chi connectivity index (χ4n) is 13.9. The van der Waals surface area contributed by atoms with E-state index in [1.165, 1.54) is 11.1 Å². The number of hydrogen-bond acceptors (Lipinski definition) is 18. The third-order valence-corrected chi connectivity index (χ3v) is 20.1. The quantitative estimate of drug-likeness (QED) is 0.00772. The summed E-state index contributed by atoms with van der Waals surface area (Å²) >= 11 is 0. The molecule has 0 aliphatic rings. The molecule has 3 unspecified atom stereocenters.